The molecule has 10 nitrogen and oxygen atoms in total. The first kappa shape index (κ1) is 22.7. The van der Waals surface area contributed by atoms with Crippen LogP contribution in [-0.4, -0.2) is 45.0 Å². The van der Waals surface area contributed by atoms with Gasteiger partial charge in [0.1, 0.15) is 0 Å². The number of ether oxygens (including phenoxy) is 5. The van der Waals surface area contributed by atoms with Crippen molar-refractivity contribution in [2.24, 2.45) is 4.99 Å². The van der Waals surface area contributed by atoms with Crippen molar-refractivity contribution in [2.45, 2.75) is 6.54 Å². The molecule has 3 aromatic rings. The van der Waals surface area contributed by atoms with Gasteiger partial charge in [0.05, 0.1) is 27.9 Å². The van der Waals surface area contributed by atoms with E-state index in [0.717, 1.165) is 5.56 Å². The van der Waals surface area contributed by atoms with Gasteiger partial charge in [-0.1, -0.05) is 0 Å². The molecule has 2 heterocycles. The van der Waals surface area contributed by atoms with Crippen molar-refractivity contribution in [3.05, 3.63) is 66.0 Å². The van der Waals surface area contributed by atoms with Crippen LogP contribution in [0.1, 0.15) is 15.9 Å². The Morgan fingerprint density at radius 1 is 0.971 bits per heavy atom. The van der Waals surface area contributed by atoms with Crippen LogP contribution in [-0.2, 0) is 6.54 Å². The number of aliphatic imine (C=N–C) groups is 1. The molecule has 1 amide bonds. The van der Waals surface area contributed by atoms with Gasteiger partial charge in [0.15, 0.2) is 23.0 Å². The third kappa shape index (κ3) is 5.12. The average Bonchev–Trinajstić information content (AvgIpc) is 3.35. The number of anilines is 1. The average molecular weight is 464 g/mol. The summed E-state index contributed by atoms with van der Waals surface area (Å²) < 4.78 is 26.9. The SMILES string of the molecule is COc1cc(NC(=NCc2ccncc2)NC(=O)c2ccc3c(c2)OCO3)cc(OC)c1OC. The van der Waals surface area contributed by atoms with Crippen molar-refractivity contribution in [2.75, 3.05) is 33.4 Å². The van der Waals surface area contributed by atoms with Crippen LogP contribution in [0.15, 0.2) is 59.9 Å². The van der Waals surface area contributed by atoms with Crippen molar-refractivity contribution in [3.8, 4) is 28.7 Å². The number of aromatic nitrogens is 1. The number of hydrogen-bond donors (Lipinski definition) is 2. The fourth-order valence-electron chi connectivity index (χ4n) is 3.28. The van der Waals surface area contributed by atoms with Gasteiger partial charge >= 0.3 is 0 Å². The molecule has 0 atom stereocenters. The highest BCUT2D eigenvalue weighted by Crippen LogP contribution is 2.40. The maximum atomic E-state index is 13.0. The fraction of sp³-hybridized carbons (Fsp3) is 0.208. The van der Waals surface area contributed by atoms with Crippen molar-refractivity contribution in [1.29, 1.82) is 0 Å². The number of pyridine rings is 1. The number of fused-ring (bicyclic) bond motifs is 1. The Hall–Kier alpha value is -4.47. The second kappa shape index (κ2) is 10.4. The van der Waals surface area contributed by atoms with Crippen LogP contribution in [0.2, 0.25) is 0 Å². The molecule has 1 aliphatic rings. The van der Waals surface area contributed by atoms with E-state index in [4.69, 9.17) is 23.7 Å². The summed E-state index contributed by atoms with van der Waals surface area (Å²) in [5.41, 5.74) is 1.90. The van der Waals surface area contributed by atoms with Gasteiger partial charge in [0, 0.05) is 35.8 Å². The van der Waals surface area contributed by atoms with Crippen LogP contribution in [0, 0.1) is 0 Å². The summed E-state index contributed by atoms with van der Waals surface area (Å²) in [7, 11) is 4.59. The van der Waals surface area contributed by atoms with E-state index >= 15 is 0 Å². The molecule has 2 aromatic carbocycles. The summed E-state index contributed by atoms with van der Waals surface area (Å²) in [4.78, 5) is 21.6. The van der Waals surface area contributed by atoms with Crippen LogP contribution >= 0.6 is 0 Å². The lowest BCUT2D eigenvalue weighted by Gasteiger charge is -2.16. The van der Waals surface area contributed by atoms with E-state index in [0.29, 0.717) is 46.5 Å². The van der Waals surface area contributed by atoms with E-state index in [2.05, 4.69) is 20.6 Å². The maximum Gasteiger partial charge on any atom is 0.258 e. The maximum absolute atomic E-state index is 13.0. The summed E-state index contributed by atoms with van der Waals surface area (Å²) in [5.74, 6) is 2.34. The number of amides is 1. The van der Waals surface area contributed by atoms with Gasteiger partial charge in [-0.25, -0.2) is 4.99 Å². The topological polar surface area (TPSA) is 113 Å². The number of rotatable bonds is 7. The van der Waals surface area contributed by atoms with Gasteiger partial charge in [0.25, 0.3) is 5.91 Å². The molecule has 0 spiro atoms. The molecular formula is C24H24N4O6. The molecule has 0 radical (unpaired) electrons. The zero-order chi connectivity index (χ0) is 23.9. The lowest BCUT2D eigenvalue weighted by atomic mass is 10.2. The van der Waals surface area contributed by atoms with Gasteiger partial charge in [-0.3, -0.25) is 15.1 Å². The normalized spacial score (nSPS) is 12.1. The Morgan fingerprint density at radius 2 is 1.68 bits per heavy atom. The van der Waals surface area contributed by atoms with Crippen LogP contribution in [0.5, 0.6) is 28.7 Å². The minimum absolute atomic E-state index is 0.127. The molecule has 4 rings (SSSR count). The lowest BCUT2D eigenvalue weighted by molar-refractivity contribution is 0.0976. The molecule has 176 valence electrons. The zero-order valence-corrected chi connectivity index (χ0v) is 19.0. The lowest BCUT2D eigenvalue weighted by Crippen LogP contribution is -2.36. The van der Waals surface area contributed by atoms with E-state index in [1.807, 2.05) is 12.1 Å². The Kier molecular flexibility index (Phi) is 6.97. The zero-order valence-electron chi connectivity index (χ0n) is 19.0. The van der Waals surface area contributed by atoms with Crippen molar-refractivity contribution >= 4 is 17.6 Å². The van der Waals surface area contributed by atoms with E-state index in [1.165, 1.54) is 21.3 Å². The van der Waals surface area contributed by atoms with Gasteiger partial charge in [-0.15, -0.1) is 0 Å². The fourth-order valence-corrected chi connectivity index (χ4v) is 3.28. The monoisotopic (exact) mass is 464 g/mol. The highest BCUT2D eigenvalue weighted by molar-refractivity contribution is 6.10. The number of methoxy groups -OCH3 is 3. The number of benzene rings is 2. The Morgan fingerprint density at radius 3 is 2.35 bits per heavy atom. The predicted molar refractivity (Wildman–Crippen MR) is 125 cm³/mol. The number of hydrogen-bond acceptors (Lipinski definition) is 8. The third-order valence-corrected chi connectivity index (χ3v) is 4.96. The first-order chi connectivity index (χ1) is 16.6. The number of nitrogens with one attached hydrogen (secondary N) is 2. The molecule has 34 heavy (non-hydrogen) atoms. The molecule has 1 aromatic heterocycles. The second-order valence-electron chi connectivity index (χ2n) is 7.08. The van der Waals surface area contributed by atoms with E-state index in [9.17, 15) is 4.79 Å². The first-order valence-electron chi connectivity index (χ1n) is 10.3. The van der Waals surface area contributed by atoms with Crippen LogP contribution in [0.4, 0.5) is 5.69 Å². The number of nitrogens with zero attached hydrogens (tertiary/aromatic N) is 2. The molecule has 1 aliphatic heterocycles. The van der Waals surface area contributed by atoms with Gasteiger partial charge in [-0.05, 0) is 35.9 Å². The molecule has 0 bridgehead atoms. The van der Waals surface area contributed by atoms with Crippen LogP contribution < -0.4 is 34.3 Å². The largest absolute Gasteiger partial charge is 0.493 e. The Bertz CT molecular complexity index is 1170. The highest BCUT2D eigenvalue weighted by Gasteiger charge is 2.18. The summed E-state index contributed by atoms with van der Waals surface area (Å²) in [6.07, 6.45) is 3.37. The van der Waals surface area contributed by atoms with E-state index in [1.54, 1.807) is 42.7 Å². The molecular weight excluding hydrogens is 440 g/mol. The summed E-state index contributed by atoms with van der Waals surface area (Å²) in [5, 5.41) is 5.96. The number of carbonyl (C=O) groups excluding carboxylic acids is 1. The minimum atomic E-state index is -0.369. The Labute approximate surface area is 196 Å². The molecule has 0 saturated carbocycles. The standard InChI is InChI=1S/C24H24N4O6/c1-30-20-11-17(12-21(31-2)22(20)32-3)27-24(26-13-15-6-8-25-9-7-15)28-23(29)16-4-5-18-19(10-16)34-14-33-18/h4-12H,13-14H2,1-3H3,(H2,26,27,28,29). The first-order valence-corrected chi connectivity index (χ1v) is 10.3. The molecule has 0 fully saturated rings. The van der Waals surface area contributed by atoms with Gasteiger partial charge in [0.2, 0.25) is 18.5 Å². The molecule has 10 heteroatoms. The molecule has 0 unspecified atom stereocenters. The minimum Gasteiger partial charge on any atom is -0.493 e. The predicted octanol–water partition coefficient (Wildman–Crippen LogP) is 3.23. The molecule has 0 saturated heterocycles. The number of carbonyl (C=O) groups is 1. The second-order valence-corrected chi connectivity index (χ2v) is 7.08. The summed E-state index contributed by atoms with van der Waals surface area (Å²) in [6, 6.07) is 12.1. The molecule has 0 aliphatic carbocycles. The van der Waals surface area contributed by atoms with E-state index in [-0.39, 0.29) is 18.7 Å². The Balaban J connectivity index is 1.61. The molecule has 2 N–H and O–H groups in total. The van der Waals surface area contributed by atoms with Crippen molar-refractivity contribution in [3.63, 3.8) is 0 Å². The van der Waals surface area contributed by atoms with Crippen LogP contribution in [0.3, 0.4) is 0 Å². The highest BCUT2D eigenvalue weighted by atomic mass is 16.7. The van der Waals surface area contributed by atoms with Crippen LogP contribution in [0.25, 0.3) is 0 Å². The third-order valence-electron chi connectivity index (χ3n) is 4.96. The van der Waals surface area contributed by atoms with Crippen molar-refractivity contribution < 1.29 is 28.5 Å². The quantitative estimate of drug-likeness (QED) is 0.405. The number of guanidine groups is 1. The van der Waals surface area contributed by atoms with Crippen molar-refractivity contribution in [1.82, 2.24) is 10.3 Å². The van der Waals surface area contributed by atoms with Gasteiger partial charge in [-0.2, -0.15) is 0 Å². The summed E-state index contributed by atoms with van der Waals surface area (Å²) in [6.45, 7) is 0.443. The van der Waals surface area contributed by atoms with Gasteiger partial charge < -0.3 is 29.0 Å². The van der Waals surface area contributed by atoms with E-state index < -0.39 is 0 Å². The smallest absolute Gasteiger partial charge is 0.258 e. The summed E-state index contributed by atoms with van der Waals surface area (Å²) >= 11 is 0.